The summed E-state index contributed by atoms with van der Waals surface area (Å²) >= 11 is 0. The Morgan fingerprint density at radius 1 is 0.680 bits per heavy atom. The molecular formula is C10H12N4O10Zn. The van der Waals surface area contributed by atoms with Crippen LogP contribution in [0.15, 0.2) is 31.3 Å². The second-order valence-corrected chi connectivity index (χ2v) is 3.61. The molecule has 15 heteroatoms. The largest absolute Gasteiger partial charge is 0.477 e. The normalized spacial score (nSPS) is 8.32. The number of hydrogen-bond donors (Lipinski definition) is 6. The van der Waals surface area contributed by atoms with E-state index < -0.39 is 45.8 Å². The average molecular weight is 414 g/mol. The molecule has 14 nitrogen and oxygen atoms in total. The molecule has 2 heterocycles. The van der Waals surface area contributed by atoms with Gasteiger partial charge in [-0.3, -0.25) is 19.6 Å². The van der Waals surface area contributed by atoms with Crippen LogP contribution in [0.3, 0.4) is 0 Å². The molecule has 0 fully saturated rings. The van der Waals surface area contributed by atoms with E-state index in [4.69, 9.17) is 10.2 Å². The van der Waals surface area contributed by atoms with Crippen molar-refractivity contribution in [2.75, 3.05) is 0 Å². The van der Waals surface area contributed by atoms with Crippen LogP contribution in [0, 0.1) is 0 Å². The number of carboxylic acids is 2. The minimum atomic E-state index is -1.34. The van der Waals surface area contributed by atoms with Gasteiger partial charge >= 0.3 is 23.3 Å². The van der Waals surface area contributed by atoms with E-state index in [1.807, 2.05) is 19.9 Å². The van der Waals surface area contributed by atoms with E-state index in [1.54, 1.807) is 0 Å². The Morgan fingerprint density at radius 2 is 0.960 bits per heavy atom. The van der Waals surface area contributed by atoms with Gasteiger partial charge in [-0.15, -0.1) is 0 Å². The SMILES string of the molecule is O.O.O=C(O)c1cc(=O)[nH]c(=O)[nH]1.O=C(O)c1cc(=O)[nH]c(=O)[nH]1.[Zn]. The molecule has 0 aliphatic heterocycles. The van der Waals surface area contributed by atoms with Crippen LogP contribution in [0.5, 0.6) is 0 Å². The van der Waals surface area contributed by atoms with Crippen molar-refractivity contribution in [3.63, 3.8) is 0 Å². The van der Waals surface area contributed by atoms with Crippen LogP contribution in [0.25, 0.3) is 0 Å². The zero-order chi connectivity index (χ0) is 16.9. The van der Waals surface area contributed by atoms with Gasteiger partial charge < -0.3 is 31.1 Å². The zero-order valence-electron chi connectivity index (χ0n) is 12.2. The molecule has 0 atom stereocenters. The fourth-order valence-electron chi connectivity index (χ4n) is 1.17. The van der Waals surface area contributed by atoms with Gasteiger partial charge in [0.25, 0.3) is 11.1 Å². The Kier molecular flexibility index (Phi) is 12.2. The van der Waals surface area contributed by atoms with Gasteiger partial charge in [0.15, 0.2) is 0 Å². The molecule has 0 radical (unpaired) electrons. The summed E-state index contributed by atoms with van der Waals surface area (Å²) < 4.78 is 0. The van der Waals surface area contributed by atoms with Crippen LogP contribution in [-0.4, -0.2) is 53.0 Å². The van der Waals surface area contributed by atoms with Crippen molar-refractivity contribution in [2.24, 2.45) is 0 Å². The third-order valence-corrected chi connectivity index (χ3v) is 1.98. The standard InChI is InChI=1S/2C5H4N2O4.2H2O.Zn/c2*8-3-1-2(4(9)10)6-5(11)7-3;;;/h2*1H,(H,9,10)(H2,6,7,8,11);2*1H2;. The molecule has 134 valence electrons. The Bertz CT molecular complexity index is 806. The number of aromatic nitrogens is 4. The van der Waals surface area contributed by atoms with Crippen LogP contribution in [0.4, 0.5) is 0 Å². The molecule has 0 unspecified atom stereocenters. The quantitative estimate of drug-likeness (QED) is 0.262. The van der Waals surface area contributed by atoms with Crippen LogP contribution < -0.4 is 22.5 Å². The van der Waals surface area contributed by atoms with Gasteiger partial charge in [0, 0.05) is 31.6 Å². The van der Waals surface area contributed by atoms with Gasteiger partial charge in [-0.1, -0.05) is 0 Å². The van der Waals surface area contributed by atoms with Gasteiger partial charge in [-0.2, -0.15) is 0 Å². The van der Waals surface area contributed by atoms with Crippen molar-refractivity contribution in [3.8, 4) is 0 Å². The van der Waals surface area contributed by atoms with E-state index in [2.05, 4.69) is 0 Å². The Labute approximate surface area is 148 Å². The van der Waals surface area contributed by atoms with E-state index in [1.165, 1.54) is 0 Å². The molecule has 2 rings (SSSR count). The van der Waals surface area contributed by atoms with Crippen LogP contribution >= 0.6 is 0 Å². The molecule has 0 spiro atoms. The molecule has 0 saturated heterocycles. The predicted molar refractivity (Wildman–Crippen MR) is 76.5 cm³/mol. The Morgan fingerprint density at radius 3 is 1.16 bits per heavy atom. The third kappa shape index (κ3) is 8.90. The van der Waals surface area contributed by atoms with Crippen molar-refractivity contribution in [2.45, 2.75) is 0 Å². The minimum absolute atomic E-state index is 0. The molecule has 2 aromatic heterocycles. The summed E-state index contributed by atoms with van der Waals surface area (Å²) in [5, 5.41) is 16.6. The monoisotopic (exact) mass is 412 g/mol. The van der Waals surface area contributed by atoms with Crippen molar-refractivity contribution in [1.29, 1.82) is 0 Å². The third-order valence-electron chi connectivity index (χ3n) is 1.98. The number of rotatable bonds is 2. The Hall–Kier alpha value is -3.16. The van der Waals surface area contributed by atoms with Gasteiger partial charge in [0.2, 0.25) is 0 Å². The van der Waals surface area contributed by atoms with Gasteiger partial charge in [0.05, 0.1) is 0 Å². The maximum absolute atomic E-state index is 10.5. The van der Waals surface area contributed by atoms with Crippen LogP contribution in [-0.2, 0) is 19.5 Å². The van der Waals surface area contributed by atoms with Crippen molar-refractivity contribution < 1.29 is 50.2 Å². The second kappa shape index (κ2) is 11.4. The van der Waals surface area contributed by atoms with E-state index >= 15 is 0 Å². The van der Waals surface area contributed by atoms with Crippen molar-refractivity contribution >= 4 is 11.9 Å². The first-order chi connectivity index (χ1) is 10.2. The molecule has 0 amide bonds. The first-order valence-electron chi connectivity index (χ1n) is 5.33. The van der Waals surface area contributed by atoms with E-state index in [-0.39, 0.29) is 30.4 Å². The predicted octanol–water partition coefficient (Wildman–Crippen LogP) is -4.13. The number of H-pyrrole nitrogens is 4. The summed E-state index contributed by atoms with van der Waals surface area (Å²) in [5.41, 5.74) is -3.94. The van der Waals surface area contributed by atoms with Gasteiger partial charge in [-0.25, -0.2) is 19.2 Å². The first kappa shape index (κ1) is 26.7. The number of aromatic amines is 4. The number of aromatic carboxylic acids is 2. The smallest absolute Gasteiger partial charge is 0.352 e. The maximum atomic E-state index is 10.5. The van der Waals surface area contributed by atoms with Crippen molar-refractivity contribution in [3.05, 3.63) is 65.2 Å². The molecule has 0 bridgehead atoms. The molecule has 0 aliphatic rings. The Balaban J connectivity index is -0.000000346. The number of carboxylic acid groups (broad SMARTS) is 2. The molecular weight excluding hydrogens is 402 g/mol. The summed E-state index contributed by atoms with van der Waals surface area (Å²) in [6.45, 7) is 0. The maximum Gasteiger partial charge on any atom is 0.352 e. The summed E-state index contributed by atoms with van der Waals surface area (Å²) in [4.78, 5) is 69.7. The number of hydrogen-bond acceptors (Lipinski definition) is 6. The molecule has 0 aliphatic carbocycles. The van der Waals surface area contributed by atoms with Crippen LogP contribution in [0.2, 0.25) is 0 Å². The summed E-state index contributed by atoms with van der Waals surface area (Å²) in [6.07, 6.45) is 0. The summed E-state index contributed by atoms with van der Waals surface area (Å²) in [5.74, 6) is -2.68. The zero-order valence-corrected chi connectivity index (χ0v) is 15.2. The molecule has 0 saturated carbocycles. The average Bonchev–Trinajstić information content (AvgIpc) is 2.37. The van der Waals surface area contributed by atoms with E-state index in [9.17, 15) is 28.8 Å². The first-order valence-corrected chi connectivity index (χ1v) is 5.33. The van der Waals surface area contributed by atoms with Crippen molar-refractivity contribution in [1.82, 2.24) is 19.9 Å². The van der Waals surface area contributed by atoms with Gasteiger partial charge in [0.1, 0.15) is 11.4 Å². The molecule has 2 aromatic rings. The summed E-state index contributed by atoms with van der Waals surface area (Å²) in [6, 6.07) is 1.59. The van der Waals surface area contributed by atoms with E-state index in [0.717, 1.165) is 12.1 Å². The fourth-order valence-corrected chi connectivity index (χ4v) is 1.17. The van der Waals surface area contributed by atoms with E-state index in [0.29, 0.717) is 0 Å². The molecule has 25 heavy (non-hydrogen) atoms. The number of nitrogens with one attached hydrogen (secondary N) is 4. The fraction of sp³-hybridized carbons (Fsp3) is 0. The molecule has 0 aromatic carbocycles. The topological polar surface area (TPSA) is 269 Å². The second-order valence-electron chi connectivity index (χ2n) is 3.61. The molecule has 10 N–H and O–H groups in total. The van der Waals surface area contributed by atoms with Crippen LogP contribution in [0.1, 0.15) is 21.0 Å². The van der Waals surface area contributed by atoms with Gasteiger partial charge in [-0.05, 0) is 0 Å². The summed E-state index contributed by atoms with van der Waals surface area (Å²) in [7, 11) is 0. The minimum Gasteiger partial charge on any atom is -0.477 e. The number of carbonyl (C=O) groups is 2.